The van der Waals surface area contributed by atoms with Crippen molar-refractivity contribution in [2.45, 2.75) is 12.3 Å². The molecule has 1 heterocycles. The fraction of sp³-hybridized carbons (Fsp3) is 0.250. The van der Waals surface area contributed by atoms with Crippen LogP contribution in [0, 0.1) is 0 Å². The first-order chi connectivity index (χ1) is 9.87. The summed E-state index contributed by atoms with van der Waals surface area (Å²) in [5.41, 5.74) is 6.72. The number of hydrogen-bond acceptors (Lipinski definition) is 5. The van der Waals surface area contributed by atoms with Crippen LogP contribution in [0.4, 0.5) is 0 Å². The van der Waals surface area contributed by atoms with E-state index >= 15 is 0 Å². The average Bonchev–Trinajstić information content (AvgIpc) is 2.82. The molecule has 0 saturated heterocycles. The third kappa shape index (κ3) is 4.31. The number of benzene rings is 1. The standard InChI is InChI=1S/C12H15N5O2S2/c1-17-8-14-11(16-17)6-15-21(18,19)7-9-4-2-3-5-10(9)12(13)20/h2-5,8,15H,6-7H2,1H3,(H2,13,20). The van der Waals surface area contributed by atoms with Gasteiger partial charge in [-0.05, 0) is 5.56 Å². The topological polar surface area (TPSA) is 103 Å². The van der Waals surface area contributed by atoms with Crippen LogP contribution >= 0.6 is 12.2 Å². The van der Waals surface area contributed by atoms with Crippen molar-refractivity contribution in [3.63, 3.8) is 0 Å². The molecule has 21 heavy (non-hydrogen) atoms. The van der Waals surface area contributed by atoms with Crippen LogP contribution in [-0.2, 0) is 29.4 Å². The van der Waals surface area contributed by atoms with Crippen molar-refractivity contribution in [1.82, 2.24) is 19.5 Å². The summed E-state index contributed by atoms with van der Waals surface area (Å²) in [6, 6.07) is 6.89. The van der Waals surface area contributed by atoms with Gasteiger partial charge in [-0.3, -0.25) is 4.68 Å². The highest BCUT2D eigenvalue weighted by Crippen LogP contribution is 2.12. The summed E-state index contributed by atoms with van der Waals surface area (Å²) in [5.74, 6) is 0.205. The molecule has 0 spiro atoms. The fourth-order valence-corrected chi connectivity index (χ4v) is 3.09. The Morgan fingerprint density at radius 1 is 1.43 bits per heavy atom. The van der Waals surface area contributed by atoms with Gasteiger partial charge in [0.1, 0.15) is 11.3 Å². The van der Waals surface area contributed by atoms with E-state index in [1.807, 2.05) is 0 Å². The maximum atomic E-state index is 12.1. The molecule has 0 bridgehead atoms. The van der Waals surface area contributed by atoms with Crippen molar-refractivity contribution in [1.29, 1.82) is 0 Å². The van der Waals surface area contributed by atoms with E-state index in [-0.39, 0.29) is 17.3 Å². The molecule has 2 rings (SSSR count). The van der Waals surface area contributed by atoms with Crippen LogP contribution in [-0.4, -0.2) is 28.2 Å². The first-order valence-electron chi connectivity index (χ1n) is 6.07. The third-order valence-corrected chi connectivity index (χ3v) is 4.22. The maximum Gasteiger partial charge on any atom is 0.216 e. The number of nitrogens with one attached hydrogen (secondary N) is 1. The van der Waals surface area contributed by atoms with Crippen molar-refractivity contribution in [2.75, 3.05) is 0 Å². The van der Waals surface area contributed by atoms with Crippen molar-refractivity contribution >= 4 is 27.2 Å². The van der Waals surface area contributed by atoms with E-state index in [1.54, 1.807) is 31.3 Å². The molecule has 0 saturated carbocycles. The molecule has 0 unspecified atom stereocenters. The number of rotatable bonds is 6. The van der Waals surface area contributed by atoms with Crippen LogP contribution in [0.5, 0.6) is 0 Å². The molecule has 7 nitrogen and oxygen atoms in total. The van der Waals surface area contributed by atoms with Gasteiger partial charge in [-0.15, -0.1) is 0 Å². The second-order valence-corrected chi connectivity index (χ2v) is 6.68. The average molecular weight is 325 g/mol. The molecule has 0 aliphatic heterocycles. The molecule has 0 atom stereocenters. The minimum absolute atomic E-state index is 0.0401. The van der Waals surface area contributed by atoms with Gasteiger partial charge in [-0.25, -0.2) is 18.1 Å². The molecule has 2 aromatic rings. The Bertz CT molecular complexity index is 755. The lowest BCUT2D eigenvalue weighted by Gasteiger charge is -2.09. The molecule has 0 aliphatic rings. The van der Waals surface area contributed by atoms with Crippen LogP contribution in [0.1, 0.15) is 17.0 Å². The van der Waals surface area contributed by atoms with Crippen LogP contribution in [0.15, 0.2) is 30.6 Å². The Morgan fingerprint density at radius 3 is 2.76 bits per heavy atom. The summed E-state index contributed by atoms with van der Waals surface area (Å²) in [7, 11) is -1.82. The van der Waals surface area contributed by atoms with E-state index in [4.69, 9.17) is 18.0 Å². The minimum atomic E-state index is -3.53. The van der Waals surface area contributed by atoms with Gasteiger partial charge < -0.3 is 5.73 Å². The molecular formula is C12H15N5O2S2. The van der Waals surface area contributed by atoms with Crippen molar-refractivity contribution in [3.8, 4) is 0 Å². The first-order valence-corrected chi connectivity index (χ1v) is 8.13. The van der Waals surface area contributed by atoms with Gasteiger partial charge in [0, 0.05) is 12.6 Å². The van der Waals surface area contributed by atoms with Gasteiger partial charge in [-0.2, -0.15) is 5.10 Å². The first kappa shape index (κ1) is 15.5. The summed E-state index contributed by atoms with van der Waals surface area (Å²) < 4.78 is 28.2. The maximum absolute atomic E-state index is 12.1. The quantitative estimate of drug-likeness (QED) is 0.729. The highest BCUT2D eigenvalue weighted by atomic mass is 32.2. The molecule has 0 fully saturated rings. The van der Waals surface area contributed by atoms with Gasteiger partial charge in [0.05, 0.1) is 12.3 Å². The number of aromatic nitrogens is 3. The van der Waals surface area contributed by atoms with E-state index in [9.17, 15) is 8.42 Å². The summed E-state index contributed by atoms with van der Waals surface area (Å²) in [6.07, 6.45) is 1.51. The third-order valence-electron chi connectivity index (χ3n) is 2.73. The SMILES string of the molecule is Cn1cnc(CNS(=O)(=O)Cc2ccccc2C(N)=S)n1. The van der Waals surface area contributed by atoms with E-state index in [0.29, 0.717) is 17.0 Å². The Hall–Kier alpha value is -1.84. The molecule has 0 radical (unpaired) electrons. The van der Waals surface area contributed by atoms with Crippen LogP contribution in [0.2, 0.25) is 0 Å². The Kier molecular flexibility index (Phi) is 4.66. The van der Waals surface area contributed by atoms with Crippen LogP contribution < -0.4 is 10.5 Å². The van der Waals surface area contributed by atoms with Gasteiger partial charge in [0.15, 0.2) is 5.82 Å². The van der Waals surface area contributed by atoms with E-state index in [1.165, 1.54) is 11.0 Å². The smallest absolute Gasteiger partial charge is 0.216 e. The fourth-order valence-electron chi connectivity index (χ4n) is 1.78. The number of thiocarbonyl (C=S) groups is 1. The van der Waals surface area contributed by atoms with E-state index < -0.39 is 10.0 Å². The molecule has 9 heteroatoms. The molecule has 1 aromatic carbocycles. The minimum Gasteiger partial charge on any atom is -0.389 e. The summed E-state index contributed by atoms with van der Waals surface area (Å²) in [5, 5.41) is 4.00. The number of nitrogens with two attached hydrogens (primary N) is 1. The van der Waals surface area contributed by atoms with Gasteiger partial charge in [0.25, 0.3) is 0 Å². The zero-order valence-electron chi connectivity index (χ0n) is 11.4. The molecule has 112 valence electrons. The molecule has 0 amide bonds. The highest BCUT2D eigenvalue weighted by molar-refractivity contribution is 7.88. The molecule has 3 N–H and O–H groups in total. The summed E-state index contributed by atoms with van der Waals surface area (Å²) >= 11 is 4.92. The lowest BCUT2D eigenvalue weighted by molar-refractivity contribution is 0.577. The second-order valence-electron chi connectivity index (χ2n) is 4.44. The summed E-state index contributed by atoms with van der Waals surface area (Å²) in [4.78, 5) is 4.13. The van der Waals surface area contributed by atoms with Gasteiger partial charge in [0.2, 0.25) is 10.0 Å². The zero-order chi connectivity index (χ0) is 15.5. The largest absolute Gasteiger partial charge is 0.389 e. The predicted molar refractivity (Wildman–Crippen MR) is 82.8 cm³/mol. The van der Waals surface area contributed by atoms with Crippen LogP contribution in [0.25, 0.3) is 0 Å². The number of aryl methyl sites for hydroxylation is 1. The Balaban J connectivity index is 2.09. The predicted octanol–water partition coefficient (Wildman–Crippen LogP) is 0.0689. The monoisotopic (exact) mass is 325 g/mol. The van der Waals surface area contributed by atoms with Crippen molar-refractivity contribution in [2.24, 2.45) is 12.8 Å². The molecule has 0 aliphatic carbocycles. The highest BCUT2D eigenvalue weighted by Gasteiger charge is 2.15. The second kappa shape index (κ2) is 6.29. The lowest BCUT2D eigenvalue weighted by Crippen LogP contribution is -2.26. The zero-order valence-corrected chi connectivity index (χ0v) is 13.0. The lowest BCUT2D eigenvalue weighted by atomic mass is 10.1. The van der Waals surface area contributed by atoms with Crippen LogP contribution in [0.3, 0.4) is 0 Å². The van der Waals surface area contributed by atoms with Gasteiger partial charge >= 0.3 is 0 Å². The molecule has 1 aromatic heterocycles. The van der Waals surface area contributed by atoms with Gasteiger partial charge in [-0.1, -0.05) is 36.5 Å². The Labute approximate surface area is 128 Å². The molecular weight excluding hydrogens is 310 g/mol. The normalized spacial score (nSPS) is 11.5. The van der Waals surface area contributed by atoms with E-state index in [2.05, 4.69) is 14.8 Å². The number of nitrogens with zero attached hydrogens (tertiary/aromatic N) is 3. The number of sulfonamides is 1. The van der Waals surface area contributed by atoms with Crippen molar-refractivity contribution in [3.05, 3.63) is 47.5 Å². The Morgan fingerprint density at radius 2 is 2.14 bits per heavy atom. The summed E-state index contributed by atoms with van der Waals surface area (Å²) in [6.45, 7) is 0.0401. The number of hydrogen-bond donors (Lipinski definition) is 2. The van der Waals surface area contributed by atoms with E-state index in [0.717, 1.165) is 0 Å². The van der Waals surface area contributed by atoms with Crippen molar-refractivity contribution < 1.29 is 8.42 Å².